The van der Waals surface area contributed by atoms with Gasteiger partial charge >= 0.3 is 18.4 Å². The fourth-order valence-electron chi connectivity index (χ4n) is 3.45. The summed E-state index contributed by atoms with van der Waals surface area (Å²) in [7, 11) is 1.50. The van der Waals surface area contributed by atoms with Crippen molar-refractivity contribution in [2.24, 2.45) is 0 Å². The van der Waals surface area contributed by atoms with Crippen LogP contribution in [0.2, 0.25) is 0 Å². The Kier molecular flexibility index (Phi) is 7.62. The fourth-order valence-corrected chi connectivity index (χ4v) is 3.45. The lowest BCUT2D eigenvalue weighted by Crippen LogP contribution is -2.36. The number of nitrogens with zero attached hydrogens (tertiary/aromatic N) is 1. The molecule has 0 radical (unpaired) electrons. The monoisotopic (exact) mass is 496 g/mol. The first-order chi connectivity index (χ1) is 16.4. The molecule has 0 aliphatic heterocycles. The number of hydrogen-bond donors (Lipinski definition) is 1. The minimum absolute atomic E-state index is 0.0113. The molecule has 1 N–H and O–H groups in total. The van der Waals surface area contributed by atoms with E-state index in [4.69, 9.17) is 4.74 Å². The molecule has 0 aliphatic carbocycles. The number of anilines is 1. The summed E-state index contributed by atoms with van der Waals surface area (Å²) < 4.78 is 84.5. The van der Waals surface area contributed by atoms with Crippen molar-refractivity contribution < 1.29 is 35.9 Å². The van der Waals surface area contributed by atoms with Gasteiger partial charge in [-0.2, -0.15) is 26.3 Å². The summed E-state index contributed by atoms with van der Waals surface area (Å²) in [6.45, 7) is 1.75. The van der Waals surface area contributed by atoms with Crippen LogP contribution in [0.25, 0.3) is 0 Å². The number of benzene rings is 3. The van der Waals surface area contributed by atoms with Crippen LogP contribution in [-0.2, 0) is 18.9 Å². The van der Waals surface area contributed by atoms with Crippen molar-refractivity contribution >= 4 is 11.7 Å². The maximum absolute atomic E-state index is 13.2. The number of rotatable bonds is 6. The molecule has 0 aliphatic rings. The second-order valence-electron chi connectivity index (χ2n) is 7.79. The molecular formula is C25H22F6N2O2. The molecule has 4 nitrogen and oxygen atoms in total. The first kappa shape index (κ1) is 25.9. The van der Waals surface area contributed by atoms with Gasteiger partial charge in [0.2, 0.25) is 0 Å². The average molecular weight is 496 g/mol. The van der Waals surface area contributed by atoms with Crippen LogP contribution in [0.4, 0.5) is 36.8 Å². The van der Waals surface area contributed by atoms with Gasteiger partial charge in [0.15, 0.2) is 0 Å². The van der Waals surface area contributed by atoms with Crippen LogP contribution in [0.1, 0.15) is 35.2 Å². The third-order valence-electron chi connectivity index (χ3n) is 5.36. The summed E-state index contributed by atoms with van der Waals surface area (Å²) in [5.74, 6) is 0.588. The number of carbonyl (C=O) groups excluding carboxylic acids is 1. The Balaban J connectivity index is 1.96. The van der Waals surface area contributed by atoms with E-state index in [1.165, 1.54) is 12.0 Å². The van der Waals surface area contributed by atoms with Crippen molar-refractivity contribution in [3.8, 4) is 5.75 Å². The highest BCUT2D eigenvalue weighted by atomic mass is 19.4. The van der Waals surface area contributed by atoms with Gasteiger partial charge in [-0.1, -0.05) is 42.5 Å². The maximum Gasteiger partial charge on any atom is 0.416 e. The Morgan fingerprint density at radius 3 is 1.91 bits per heavy atom. The van der Waals surface area contributed by atoms with Gasteiger partial charge in [-0.25, -0.2) is 4.79 Å². The number of ether oxygens (including phenoxy) is 1. The van der Waals surface area contributed by atoms with E-state index in [2.05, 4.69) is 5.32 Å². The van der Waals surface area contributed by atoms with Crippen LogP contribution in [0.3, 0.4) is 0 Å². The van der Waals surface area contributed by atoms with Crippen LogP contribution in [0.15, 0.2) is 72.8 Å². The number of alkyl halides is 6. The molecule has 0 fully saturated rings. The zero-order valence-electron chi connectivity index (χ0n) is 18.7. The van der Waals surface area contributed by atoms with E-state index in [1.807, 2.05) is 0 Å². The van der Waals surface area contributed by atoms with E-state index in [0.29, 0.717) is 23.4 Å². The van der Waals surface area contributed by atoms with E-state index in [1.54, 1.807) is 61.5 Å². The molecule has 3 aromatic rings. The summed E-state index contributed by atoms with van der Waals surface area (Å²) >= 11 is 0. The van der Waals surface area contributed by atoms with Crippen molar-refractivity contribution in [3.63, 3.8) is 0 Å². The van der Waals surface area contributed by atoms with Gasteiger partial charge in [-0.05, 0) is 48.4 Å². The van der Waals surface area contributed by atoms with E-state index in [0.717, 1.165) is 5.56 Å². The summed E-state index contributed by atoms with van der Waals surface area (Å²) in [5.41, 5.74) is -2.22. The first-order valence-corrected chi connectivity index (χ1v) is 10.4. The second kappa shape index (κ2) is 10.3. The molecule has 186 valence electrons. The molecule has 0 aromatic heterocycles. The van der Waals surface area contributed by atoms with Gasteiger partial charge in [-0.15, -0.1) is 0 Å². The number of amides is 2. The predicted octanol–water partition coefficient (Wildman–Crippen LogP) is 7.53. The zero-order valence-corrected chi connectivity index (χ0v) is 18.7. The van der Waals surface area contributed by atoms with Gasteiger partial charge in [0.1, 0.15) is 5.75 Å². The molecule has 0 saturated carbocycles. The predicted molar refractivity (Wildman–Crippen MR) is 119 cm³/mol. The Hall–Kier alpha value is -3.69. The quantitative estimate of drug-likeness (QED) is 0.359. The Morgan fingerprint density at radius 2 is 1.43 bits per heavy atom. The van der Waals surface area contributed by atoms with Crippen molar-refractivity contribution in [3.05, 3.63) is 95.1 Å². The third kappa shape index (κ3) is 6.68. The lowest BCUT2D eigenvalue weighted by molar-refractivity contribution is -0.143. The second-order valence-corrected chi connectivity index (χ2v) is 7.79. The topological polar surface area (TPSA) is 41.6 Å². The van der Waals surface area contributed by atoms with Crippen LogP contribution >= 0.6 is 0 Å². The van der Waals surface area contributed by atoms with Gasteiger partial charge in [0, 0.05) is 12.2 Å². The summed E-state index contributed by atoms with van der Waals surface area (Å²) in [6, 6.07) is 15.2. The number of nitrogens with one attached hydrogen (secondary N) is 1. The minimum Gasteiger partial charge on any atom is -0.497 e. The van der Waals surface area contributed by atoms with Crippen molar-refractivity contribution in [1.29, 1.82) is 0 Å². The van der Waals surface area contributed by atoms with Crippen LogP contribution in [-0.4, -0.2) is 18.0 Å². The molecule has 0 bridgehead atoms. The summed E-state index contributed by atoms with van der Waals surface area (Å²) in [5, 5.41) is 2.22. The largest absolute Gasteiger partial charge is 0.497 e. The normalized spacial score (nSPS) is 12.7. The van der Waals surface area contributed by atoms with E-state index in [9.17, 15) is 31.1 Å². The Labute approximate surface area is 198 Å². The molecule has 1 atom stereocenters. The maximum atomic E-state index is 13.2. The highest BCUT2D eigenvalue weighted by Gasteiger charge is 2.37. The smallest absolute Gasteiger partial charge is 0.416 e. The number of methoxy groups -OCH3 is 1. The Morgan fingerprint density at radius 1 is 0.886 bits per heavy atom. The fraction of sp³-hybridized carbons (Fsp3) is 0.240. The van der Waals surface area contributed by atoms with E-state index < -0.39 is 41.2 Å². The number of urea groups is 1. The lowest BCUT2D eigenvalue weighted by Gasteiger charge is -2.30. The van der Waals surface area contributed by atoms with Gasteiger partial charge < -0.3 is 15.0 Å². The highest BCUT2D eigenvalue weighted by molar-refractivity contribution is 5.90. The van der Waals surface area contributed by atoms with Gasteiger partial charge in [-0.3, -0.25) is 0 Å². The molecule has 3 aromatic carbocycles. The number of carbonyl (C=O) groups is 1. The van der Waals surface area contributed by atoms with Crippen LogP contribution < -0.4 is 10.1 Å². The molecule has 3 rings (SSSR count). The minimum atomic E-state index is -5.03. The molecule has 0 spiro atoms. The summed E-state index contributed by atoms with van der Waals surface area (Å²) in [6.07, 6.45) is -10.1. The van der Waals surface area contributed by atoms with Crippen LogP contribution in [0, 0.1) is 0 Å². The zero-order chi connectivity index (χ0) is 25.8. The standard InChI is InChI=1S/C25H22F6N2O2/c1-16(18-6-4-3-5-7-18)33(15-17-8-10-22(35-2)11-9-17)23(34)32-21-13-19(24(26,27)28)12-20(14-21)25(29,30)31/h3-14,16H,15H2,1-2H3,(H,32,34). The third-order valence-corrected chi connectivity index (χ3v) is 5.36. The lowest BCUT2D eigenvalue weighted by atomic mass is 10.1. The van der Waals surface area contributed by atoms with Crippen molar-refractivity contribution in [2.75, 3.05) is 12.4 Å². The SMILES string of the molecule is COc1ccc(CN(C(=O)Nc2cc(C(F)(F)F)cc(C(F)(F)F)c2)C(C)c2ccccc2)cc1. The first-order valence-electron chi connectivity index (χ1n) is 10.4. The molecule has 1 unspecified atom stereocenters. The van der Waals surface area contributed by atoms with E-state index in [-0.39, 0.29) is 12.6 Å². The molecule has 35 heavy (non-hydrogen) atoms. The van der Waals surface area contributed by atoms with Gasteiger partial charge in [0.25, 0.3) is 0 Å². The van der Waals surface area contributed by atoms with Gasteiger partial charge in [0.05, 0.1) is 24.3 Å². The number of hydrogen-bond acceptors (Lipinski definition) is 2. The molecular weight excluding hydrogens is 474 g/mol. The van der Waals surface area contributed by atoms with E-state index >= 15 is 0 Å². The number of halogens is 6. The van der Waals surface area contributed by atoms with Crippen molar-refractivity contribution in [2.45, 2.75) is 31.9 Å². The summed E-state index contributed by atoms with van der Waals surface area (Å²) in [4.78, 5) is 14.5. The van der Waals surface area contributed by atoms with Crippen molar-refractivity contribution in [1.82, 2.24) is 4.90 Å². The Bertz CT molecular complexity index is 1110. The molecule has 10 heteroatoms. The average Bonchev–Trinajstić information content (AvgIpc) is 2.81. The van der Waals surface area contributed by atoms with Crippen LogP contribution in [0.5, 0.6) is 5.75 Å². The molecule has 2 amide bonds. The molecule has 0 heterocycles. The molecule has 0 saturated heterocycles. The highest BCUT2D eigenvalue weighted by Crippen LogP contribution is 2.38.